The van der Waals surface area contributed by atoms with Crippen LogP contribution in [0, 0.1) is 0 Å². The van der Waals surface area contributed by atoms with Crippen molar-refractivity contribution in [2.24, 2.45) is 0 Å². The van der Waals surface area contributed by atoms with E-state index >= 15 is 0 Å². The molecule has 8 nitrogen and oxygen atoms in total. The fourth-order valence-electron chi connectivity index (χ4n) is 4.96. The zero-order chi connectivity index (χ0) is 28.8. The fourth-order valence-corrected chi connectivity index (χ4v) is 5.17. The van der Waals surface area contributed by atoms with Crippen LogP contribution in [0.25, 0.3) is 0 Å². The molecule has 0 unspecified atom stereocenters. The summed E-state index contributed by atoms with van der Waals surface area (Å²) < 4.78 is 10.9. The summed E-state index contributed by atoms with van der Waals surface area (Å²) in [5, 5.41) is 0.557. The average Bonchev–Trinajstić information content (AvgIpc) is 3.00. The number of carbonyl (C=O) groups excluding carboxylic acids is 1. The Morgan fingerprint density at radius 3 is 2.37 bits per heavy atom. The Morgan fingerprint density at radius 2 is 1.66 bits per heavy atom. The highest BCUT2D eigenvalue weighted by Gasteiger charge is 2.22. The summed E-state index contributed by atoms with van der Waals surface area (Å²) in [5.41, 5.74) is 4.32. The van der Waals surface area contributed by atoms with Crippen molar-refractivity contribution < 1.29 is 14.3 Å². The molecule has 5 rings (SSSR count). The van der Waals surface area contributed by atoms with Gasteiger partial charge in [0.25, 0.3) is 0 Å². The van der Waals surface area contributed by atoms with Gasteiger partial charge in [-0.2, -0.15) is 0 Å². The van der Waals surface area contributed by atoms with Crippen LogP contribution in [-0.4, -0.2) is 68.2 Å². The first kappa shape index (κ1) is 28.4. The van der Waals surface area contributed by atoms with Crippen molar-refractivity contribution in [3.05, 3.63) is 101 Å². The number of rotatable bonds is 9. The second kappa shape index (κ2) is 13.0. The molecule has 0 aliphatic carbocycles. The number of benzene rings is 3. The lowest BCUT2D eigenvalue weighted by Gasteiger charge is -2.34. The molecule has 2 heterocycles. The van der Waals surface area contributed by atoms with Gasteiger partial charge in [0.2, 0.25) is 5.91 Å². The van der Waals surface area contributed by atoms with E-state index in [9.17, 15) is 4.79 Å². The Hall–Kier alpha value is -4.14. The van der Waals surface area contributed by atoms with E-state index in [-0.39, 0.29) is 12.3 Å². The molecule has 0 N–H and O–H groups in total. The van der Waals surface area contributed by atoms with Gasteiger partial charge in [0.1, 0.15) is 23.6 Å². The second-order valence-corrected chi connectivity index (χ2v) is 10.4. The van der Waals surface area contributed by atoms with Gasteiger partial charge in [-0.1, -0.05) is 35.9 Å². The van der Waals surface area contributed by atoms with Crippen LogP contribution in [0.5, 0.6) is 11.5 Å². The number of hydrogen-bond donors (Lipinski definition) is 0. The third kappa shape index (κ3) is 6.78. The number of methoxy groups -OCH3 is 2. The molecule has 212 valence electrons. The van der Waals surface area contributed by atoms with Crippen LogP contribution in [0.3, 0.4) is 0 Å². The smallest absolute Gasteiger partial charge is 0.237 e. The number of halogens is 1. The van der Waals surface area contributed by atoms with Gasteiger partial charge in [0, 0.05) is 61.0 Å². The molecule has 0 spiro atoms. The highest BCUT2D eigenvalue weighted by atomic mass is 35.5. The minimum atomic E-state index is -0.142. The third-order valence-electron chi connectivity index (χ3n) is 7.33. The van der Waals surface area contributed by atoms with Gasteiger partial charge in [0.15, 0.2) is 0 Å². The first-order chi connectivity index (χ1) is 19.9. The van der Waals surface area contributed by atoms with Crippen LogP contribution in [-0.2, 0) is 17.6 Å². The van der Waals surface area contributed by atoms with Crippen molar-refractivity contribution >= 4 is 34.7 Å². The number of nitrogens with zero attached hydrogens (tertiary/aromatic N) is 5. The zero-order valence-corrected chi connectivity index (χ0v) is 24.3. The van der Waals surface area contributed by atoms with E-state index in [1.165, 1.54) is 6.33 Å². The Bertz CT molecular complexity index is 1490. The van der Waals surface area contributed by atoms with E-state index < -0.39 is 0 Å². The molecule has 0 radical (unpaired) electrons. The van der Waals surface area contributed by atoms with Crippen LogP contribution in [0.2, 0.25) is 5.02 Å². The maximum absolute atomic E-state index is 13.9. The van der Waals surface area contributed by atoms with Gasteiger partial charge in [0.05, 0.1) is 32.0 Å². The lowest BCUT2D eigenvalue weighted by Crippen LogP contribution is -2.44. The number of amides is 1. The monoisotopic (exact) mass is 571 g/mol. The molecule has 1 amide bonds. The molecule has 4 aromatic rings. The van der Waals surface area contributed by atoms with E-state index in [0.29, 0.717) is 28.8 Å². The van der Waals surface area contributed by atoms with Crippen molar-refractivity contribution in [3.63, 3.8) is 0 Å². The van der Waals surface area contributed by atoms with Gasteiger partial charge < -0.3 is 19.3 Å². The first-order valence-electron chi connectivity index (χ1n) is 13.6. The van der Waals surface area contributed by atoms with Crippen LogP contribution < -0.4 is 19.3 Å². The van der Waals surface area contributed by atoms with Gasteiger partial charge in [-0.25, -0.2) is 9.97 Å². The molecule has 0 bridgehead atoms. The van der Waals surface area contributed by atoms with Crippen LogP contribution in [0.1, 0.15) is 16.8 Å². The predicted molar refractivity (Wildman–Crippen MR) is 163 cm³/mol. The summed E-state index contributed by atoms with van der Waals surface area (Å²) in [5.74, 6) is 1.77. The summed E-state index contributed by atoms with van der Waals surface area (Å²) in [6, 6.07) is 23.0. The summed E-state index contributed by atoms with van der Waals surface area (Å²) in [6.07, 6.45) is 2.12. The Kier molecular flexibility index (Phi) is 9.01. The van der Waals surface area contributed by atoms with Crippen molar-refractivity contribution in [1.29, 1.82) is 0 Å². The van der Waals surface area contributed by atoms with E-state index in [2.05, 4.69) is 38.9 Å². The van der Waals surface area contributed by atoms with Crippen LogP contribution in [0.15, 0.2) is 79.1 Å². The third-order valence-corrected chi connectivity index (χ3v) is 7.70. The molecule has 0 atom stereocenters. The lowest BCUT2D eigenvalue weighted by atomic mass is 10.1. The second-order valence-electron chi connectivity index (χ2n) is 10.0. The maximum atomic E-state index is 13.9. The number of piperazine rings is 1. The fraction of sp³-hybridized carbons (Fsp3) is 0.281. The molecule has 41 heavy (non-hydrogen) atoms. The number of likely N-dealkylation sites (N-methyl/N-ethyl adjacent to an activating group) is 1. The van der Waals surface area contributed by atoms with Crippen molar-refractivity contribution in [3.8, 4) is 11.5 Å². The van der Waals surface area contributed by atoms with Gasteiger partial charge >= 0.3 is 0 Å². The Balaban J connectivity index is 1.46. The number of aromatic nitrogens is 2. The van der Waals surface area contributed by atoms with Crippen LogP contribution >= 0.6 is 11.6 Å². The van der Waals surface area contributed by atoms with Gasteiger partial charge in [-0.15, -0.1) is 0 Å². The molecule has 1 saturated heterocycles. The predicted octanol–water partition coefficient (Wildman–Crippen LogP) is 5.40. The zero-order valence-electron chi connectivity index (χ0n) is 23.6. The number of hydrogen-bond acceptors (Lipinski definition) is 7. The molecular weight excluding hydrogens is 538 g/mol. The Labute approximate surface area is 246 Å². The standard InChI is InChI=1S/C32H34ClN5O3/c1-36-14-16-37(17-15-36)26-9-11-27(12-10-26)38(32(39)19-23-6-4-5-7-29(23)33)31-20-25(34-22-35-31)18-24-8-13-28(40-2)21-30(24)41-3/h4-13,20-22H,14-19H2,1-3H3. The van der Waals surface area contributed by atoms with Crippen LogP contribution in [0.4, 0.5) is 17.2 Å². The first-order valence-corrected chi connectivity index (χ1v) is 13.9. The molecular formula is C32H34ClN5O3. The number of carbonyl (C=O) groups is 1. The van der Waals surface area contributed by atoms with E-state index in [0.717, 1.165) is 54.4 Å². The summed E-state index contributed by atoms with van der Waals surface area (Å²) in [7, 11) is 5.39. The molecule has 1 aromatic heterocycles. The SMILES string of the molecule is COc1ccc(Cc2cc(N(C(=O)Cc3ccccc3Cl)c3ccc(N4CCN(C)CC4)cc3)ncn2)c(OC)c1. The minimum Gasteiger partial charge on any atom is -0.497 e. The van der Waals surface area contributed by atoms with Crippen molar-refractivity contribution in [2.45, 2.75) is 12.8 Å². The molecule has 1 fully saturated rings. The van der Waals surface area contributed by atoms with Gasteiger partial charge in [-0.05, 0) is 49.0 Å². The quantitative estimate of drug-likeness (QED) is 0.266. The molecule has 1 aliphatic heterocycles. The topological polar surface area (TPSA) is 71.0 Å². The highest BCUT2D eigenvalue weighted by Crippen LogP contribution is 2.31. The van der Waals surface area contributed by atoms with E-state index in [4.69, 9.17) is 21.1 Å². The average molecular weight is 572 g/mol. The number of ether oxygens (including phenoxy) is 2. The van der Waals surface area contributed by atoms with Crippen molar-refractivity contribution in [2.75, 3.05) is 57.2 Å². The van der Waals surface area contributed by atoms with E-state index in [1.807, 2.05) is 54.6 Å². The van der Waals surface area contributed by atoms with Gasteiger partial charge in [-0.3, -0.25) is 9.69 Å². The summed E-state index contributed by atoms with van der Waals surface area (Å²) in [6.45, 7) is 3.98. The molecule has 9 heteroatoms. The minimum absolute atomic E-state index is 0.130. The normalized spacial score (nSPS) is 13.6. The largest absolute Gasteiger partial charge is 0.497 e. The summed E-state index contributed by atoms with van der Waals surface area (Å²) >= 11 is 6.42. The maximum Gasteiger partial charge on any atom is 0.237 e. The van der Waals surface area contributed by atoms with Crippen molar-refractivity contribution in [1.82, 2.24) is 14.9 Å². The lowest BCUT2D eigenvalue weighted by molar-refractivity contribution is -0.117. The summed E-state index contributed by atoms with van der Waals surface area (Å²) in [4.78, 5) is 29.3. The Morgan fingerprint density at radius 1 is 0.902 bits per heavy atom. The molecule has 3 aromatic carbocycles. The molecule has 0 saturated carbocycles. The number of anilines is 3. The van der Waals surface area contributed by atoms with E-state index in [1.54, 1.807) is 25.2 Å². The highest BCUT2D eigenvalue weighted by molar-refractivity contribution is 6.31. The molecule has 1 aliphatic rings.